The second kappa shape index (κ2) is 12.4. The van der Waals surface area contributed by atoms with Gasteiger partial charge in [0.05, 0.1) is 0 Å². The third-order valence-corrected chi connectivity index (χ3v) is 2.39. The number of nitrogens with zero attached hydrogens (tertiary/aromatic N) is 4. The standard InChI is InChI=1S/C8H9N4.C6H5.C2H6.CH3.Y/c1-5-7-8(11-6(2)10-5)12(3)4-9-7;1-2-4-6-5-3-1;1-2;;/h1-3H3;1-5H;1-2H3;1H3;/q2*-1;;-1;+3. The van der Waals surface area contributed by atoms with Gasteiger partial charge in [0.1, 0.15) is 5.82 Å². The molecule has 114 valence electrons. The van der Waals surface area contributed by atoms with Crippen LogP contribution >= 0.6 is 0 Å². The molecule has 3 rings (SSSR count). The summed E-state index contributed by atoms with van der Waals surface area (Å²) in [5.41, 5.74) is 2.59. The number of aromatic nitrogens is 4. The van der Waals surface area contributed by atoms with Gasteiger partial charge in [-0.2, -0.15) is 36.4 Å². The first-order chi connectivity index (χ1) is 9.68. The first-order valence-corrected chi connectivity index (χ1v) is 6.65. The van der Waals surface area contributed by atoms with Gasteiger partial charge in [0, 0.05) is 17.7 Å². The van der Waals surface area contributed by atoms with Crippen molar-refractivity contribution in [3.05, 3.63) is 61.7 Å². The zero-order valence-electron chi connectivity index (χ0n) is 14.3. The van der Waals surface area contributed by atoms with E-state index in [0.717, 1.165) is 22.7 Å². The van der Waals surface area contributed by atoms with Crippen LogP contribution in [0.5, 0.6) is 0 Å². The molecule has 0 N–H and O–H groups in total. The average molecular weight is 372 g/mol. The molecule has 0 atom stereocenters. The van der Waals surface area contributed by atoms with Gasteiger partial charge in [-0.15, -0.1) is 0 Å². The molecule has 0 saturated heterocycles. The number of hydrogen-bond acceptors (Lipinski definition) is 3. The van der Waals surface area contributed by atoms with Crippen LogP contribution in [0.15, 0.2) is 30.3 Å². The Labute approximate surface area is 159 Å². The van der Waals surface area contributed by atoms with Crippen LogP contribution < -0.4 is 0 Å². The second-order valence-corrected chi connectivity index (χ2v) is 3.88. The summed E-state index contributed by atoms with van der Waals surface area (Å²) in [5.74, 6) is 0.775. The minimum absolute atomic E-state index is 0. The molecule has 3 aromatic rings. The Morgan fingerprint density at radius 2 is 1.59 bits per heavy atom. The van der Waals surface area contributed by atoms with Gasteiger partial charge in [0.15, 0.2) is 0 Å². The molecular weight excluding hydrogens is 349 g/mol. The van der Waals surface area contributed by atoms with Gasteiger partial charge in [-0.05, 0) is 26.4 Å². The minimum atomic E-state index is 0. The Hall–Kier alpha value is -1.13. The van der Waals surface area contributed by atoms with Gasteiger partial charge in [0.2, 0.25) is 0 Å². The molecule has 0 aliphatic heterocycles. The second-order valence-electron chi connectivity index (χ2n) is 3.88. The predicted octanol–water partition coefficient (Wildman–Crippen LogP) is 3.74. The molecule has 22 heavy (non-hydrogen) atoms. The van der Waals surface area contributed by atoms with Crippen molar-refractivity contribution in [2.45, 2.75) is 27.7 Å². The van der Waals surface area contributed by atoms with E-state index in [4.69, 9.17) is 0 Å². The molecule has 0 saturated carbocycles. The van der Waals surface area contributed by atoms with Crippen molar-refractivity contribution in [1.29, 1.82) is 0 Å². The van der Waals surface area contributed by atoms with E-state index >= 15 is 0 Å². The molecule has 0 aliphatic carbocycles. The molecule has 0 unspecified atom stereocenters. The minimum Gasteiger partial charge on any atom is -0.435 e. The zero-order valence-corrected chi connectivity index (χ0v) is 17.1. The third kappa shape index (κ3) is 6.76. The van der Waals surface area contributed by atoms with E-state index in [1.165, 1.54) is 0 Å². The van der Waals surface area contributed by atoms with Crippen LogP contribution in [0.4, 0.5) is 0 Å². The summed E-state index contributed by atoms with van der Waals surface area (Å²) in [6.07, 6.45) is 2.81. The Bertz CT molecular complexity index is 609. The normalized spacial score (nSPS) is 8.41. The van der Waals surface area contributed by atoms with Gasteiger partial charge in [-0.25, -0.2) is 0 Å². The number of hydrogen-bond donors (Lipinski definition) is 0. The van der Waals surface area contributed by atoms with Crippen molar-refractivity contribution in [3.63, 3.8) is 0 Å². The van der Waals surface area contributed by atoms with Gasteiger partial charge < -0.3 is 17.0 Å². The summed E-state index contributed by atoms with van der Waals surface area (Å²) in [6.45, 7) is 7.80. The molecule has 1 aromatic carbocycles. The van der Waals surface area contributed by atoms with E-state index in [2.05, 4.69) is 27.3 Å². The van der Waals surface area contributed by atoms with E-state index < -0.39 is 0 Å². The number of imidazole rings is 1. The Morgan fingerprint density at radius 1 is 1.00 bits per heavy atom. The fraction of sp³-hybridized carbons (Fsp3) is 0.294. The number of benzene rings is 1. The fourth-order valence-electron chi connectivity index (χ4n) is 1.57. The topological polar surface area (TPSA) is 43.6 Å². The van der Waals surface area contributed by atoms with Crippen LogP contribution in [0, 0.1) is 33.7 Å². The Morgan fingerprint density at radius 3 is 2.05 bits per heavy atom. The van der Waals surface area contributed by atoms with Crippen LogP contribution in [0.3, 0.4) is 0 Å². The molecule has 0 bridgehead atoms. The summed E-state index contributed by atoms with van der Waals surface area (Å²) in [4.78, 5) is 12.5. The monoisotopic (exact) mass is 372 g/mol. The van der Waals surface area contributed by atoms with Crippen molar-refractivity contribution >= 4 is 11.2 Å². The molecule has 0 radical (unpaired) electrons. The Kier molecular flexibility index (Phi) is 13.1. The maximum atomic E-state index is 4.25. The van der Waals surface area contributed by atoms with Gasteiger partial charge in [-0.1, -0.05) is 13.8 Å². The summed E-state index contributed by atoms with van der Waals surface area (Å²) in [5, 5.41) is 0. The van der Waals surface area contributed by atoms with Crippen molar-refractivity contribution in [3.8, 4) is 0 Å². The van der Waals surface area contributed by atoms with Crippen molar-refractivity contribution < 1.29 is 32.7 Å². The summed E-state index contributed by atoms with van der Waals surface area (Å²) in [6, 6.07) is 12.5. The van der Waals surface area contributed by atoms with E-state index in [1.807, 2.05) is 65.1 Å². The maximum absolute atomic E-state index is 4.25. The number of fused-ring (bicyclic) bond motifs is 1. The Balaban J connectivity index is 0. The molecule has 2 aromatic heterocycles. The van der Waals surface area contributed by atoms with Crippen molar-refractivity contribution in [1.82, 2.24) is 19.5 Å². The largest absolute Gasteiger partial charge is 3.00 e. The SMILES string of the molecule is CC.Cc1nc(C)c2n[c-]n(C)c2n1.[CH3-].[Y+3].[c-]1ccccc1. The molecular formula is C17H23N4Y. The summed E-state index contributed by atoms with van der Waals surface area (Å²) >= 11 is 0. The van der Waals surface area contributed by atoms with Crippen LogP contribution in [-0.2, 0) is 39.8 Å². The van der Waals surface area contributed by atoms with Crippen LogP contribution in [0.2, 0.25) is 0 Å². The number of rotatable bonds is 0. The van der Waals surface area contributed by atoms with Crippen LogP contribution in [0.25, 0.3) is 11.2 Å². The van der Waals surface area contributed by atoms with Gasteiger partial charge in [-0.3, -0.25) is 9.97 Å². The predicted molar refractivity (Wildman–Crippen MR) is 87.7 cm³/mol. The fourth-order valence-corrected chi connectivity index (χ4v) is 1.57. The average Bonchev–Trinajstić information content (AvgIpc) is 2.86. The first kappa shape index (κ1) is 23.1. The summed E-state index contributed by atoms with van der Waals surface area (Å²) < 4.78 is 1.77. The van der Waals surface area contributed by atoms with E-state index in [0.29, 0.717) is 0 Å². The van der Waals surface area contributed by atoms with Crippen LogP contribution in [0.1, 0.15) is 25.4 Å². The van der Waals surface area contributed by atoms with Gasteiger partial charge >= 0.3 is 32.7 Å². The zero-order chi connectivity index (χ0) is 15.0. The van der Waals surface area contributed by atoms with Crippen molar-refractivity contribution in [2.75, 3.05) is 0 Å². The molecule has 0 fully saturated rings. The molecule has 4 nitrogen and oxygen atoms in total. The number of aryl methyl sites for hydroxylation is 3. The maximum Gasteiger partial charge on any atom is 3.00 e. The van der Waals surface area contributed by atoms with E-state index in [-0.39, 0.29) is 40.1 Å². The quantitative estimate of drug-likeness (QED) is 0.565. The van der Waals surface area contributed by atoms with E-state index in [1.54, 1.807) is 4.57 Å². The smallest absolute Gasteiger partial charge is 0.435 e. The van der Waals surface area contributed by atoms with E-state index in [9.17, 15) is 0 Å². The van der Waals surface area contributed by atoms with Gasteiger partial charge in [0.25, 0.3) is 0 Å². The molecule has 2 heterocycles. The first-order valence-electron chi connectivity index (χ1n) is 6.65. The molecule has 0 spiro atoms. The van der Waals surface area contributed by atoms with Crippen LogP contribution in [-0.4, -0.2) is 19.5 Å². The molecule has 5 heteroatoms. The third-order valence-electron chi connectivity index (χ3n) is 2.39. The molecule has 0 amide bonds. The van der Waals surface area contributed by atoms with Crippen molar-refractivity contribution in [2.24, 2.45) is 7.05 Å². The summed E-state index contributed by atoms with van der Waals surface area (Å²) in [7, 11) is 1.88. The molecule has 0 aliphatic rings.